The van der Waals surface area contributed by atoms with E-state index in [9.17, 15) is 9.59 Å². The molecule has 0 saturated carbocycles. The van der Waals surface area contributed by atoms with Gasteiger partial charge in [0, 0.05) is 37.1 Å². The number of carbonyl (C=O) groups is 2. The fourth-order valence-corrected chi connectivity index (χ4v) is 2.69. The Morgan fingerprint density at radius 1 is 1.14 bits per heavy atom. The molecule has 0 aliphatic rings. The summed E-state index contributed by atoms with van der Waals surface area (Å²) in [5.74, 6) is 0.381. The maximum absolute atomic E-state index is 12.7. The SMILES string of the molecule is COc1cc(OC)cc(C(=O)N[C@H](C(=O)NCCCn2cccn2)C(C)C)c1. The standard InChI is InChI=1S/C20H28N4O4/c1-14(2)18(20(26)21-7-5-9-24-10-6-8-22-24)23-19(25)15-11-16(27-3)13-17(12-15)28-4/h6,8,10-14,18H,5,7,9H2,1-4H3,(H,21,26)(H,23,25)/t18-/m0/s1. The fraction of sp³-hybridized carbons (Fsp3) is 0.450. The van der Waals surface area contributed by atoms with Gasteiger partial charge in [-0.05, 0) is 30.5 Å². The number of nitrogens with one attached hydrogen (secondary N) is 2. The van der Waals surface area contributed by atoms with E-state index in [1.54, 1.807) is 24.4 Å². The zero-order valence-corrected chi connectivity index (χ0v) is 16.8. The lowest BCUT2D eigenvalue weighted by molar-refractivity contribution is -0.123. The van der Waals surface area contributed by atoms with Crippen LogP contribution in [0.2, 0.25) is 0 Å². The number of ether oxygens (including phenoxy) is 2. The molecule has 2 rings (SSSR count). The summed E-state index contributed by atoms with van der Waals surface area (Å²) in [6, 6.07) is 6.11. The molecule has 8 heteroatoms. The summed E-state index contributed by atoms with van der Waals surface area (Å²) >= 11 is 0. The lowest BCUT2D eigenvalue weighted by Gasteiger charge is -2.22. The van der Waals surface area contributed by atoms with Crippen molar-refractivity contribution in [1.82, 2.24) is 20.4 Å². The third-order valence-electron chi connectivity index (χ3n) is 4.27. The van der Waals surface area contributed by atoms with Crippen LogP contribution in [0.4, 0.5) is 0 Å². The van der Waals surface area contributed by atoms with Crippen LogP contribution in [0.3, 0.4) is 0 Å². The van der Waals surface area contributed by atoms with Crippen molar-refractivity contribution in [2.45, 2.75) is 32.9 Å². The Kier molecular flexibility index (Phi) is 7.86. The first-order valence-electron chi connectivity index (χ1n) is 9.23. The Morgan fingerprint density at radius 2 is 1.82 bits per heavy atom. The number of hydrogen-bond donors (Lipinski definition) is 2. The number of hydrogen-bond acceptors (Lipinski definition) is 5. The third-order valence-corrected chi connectivity index (χ3v) is 4.27. The van der Waals surface area contributed by atoms with Crippen LogP contribution in [0.15, 0.2) is 36.7 Å². The zero-order chi connectivity index (χ0) is 20.5. The molecule has 2 amide bonds. The quantitative estimate of drug-likeness (QED) is 0.606. The molecule has 0 fully saturated rings. The molecule has 0 aliphatic carbocycles. The van der Waals surface area contributed by atoms with Crippen LogP contribution < -0.4 is 20.1 Å². The molecular weight excluding hydrogens is 360 g/mol. The predicted octanol–water partition coefficient (Wildman–Crippen LogP) is 1.86. The number of amides is 2. The van der Waals surface area contributed by atoms with Gasteiger partial charge in [-0.3, -0.25) is 14.3 Å². The minimum atomic E-state index is -0.644. The first-order valence-corrected chi connectivity index (χ1v) is 9.23. The molecule has 0 aliphatic heterocycles. The first-order chi connectivity index (χ1) is 13.4. The van der Waals surface area contributed by atoms with E-state index in [-0.39, 0.29) is 17.7 Å². The lowest BCUT2D eigenvalue weighted by Crippen LogP contribution is -2.50. The molecule has 0 unspecified atom stereocenters. The molecule has 2 N–H and O–H groups in total. The van der Waals surface area contributed by atoms with Crippen LogP contribution in [0.25, 0.3) is 0 Å². The average molecular weight is 388 g/mol. The van der Waals surface area contributed by atoms with Gasteiger partial charge in [-0.25, -0.2) is 0 Å². The summed E-state index contributed by atoms with van der Waals surface area (Å²) in [5.41, 5.74) is 0.369. The Labute approximate surface area is 165 Å². The highest BCUT2D eigenvalue weighted by molar-refractivity contribution is 5.98. The predicted molar refractivity (Wildman–Crippen MR) is 105 cm³/mol. The molecule has 1 heterocycles. The Hall–Kier alpha value is -3.03. The summed E-state index contributed by atoms with van der Waals surface area (Å²) in [6.45, 7) is 5.00. The normalized spacial score (nSPS) is 11.8. The van der Waals surface area contributed by atoms with Crippen LogP contribution in [0.5, 0.6) is 11.5 Å². The number of aromatic nitrogens is 2. The van der Waals surface area contributed by atoms with Crippen molar-refractivity contribution >= 4 is 11.8 Å². The summed E-state index contributed by atoms with van der Waals surface area (Å²) in [5, 5.41) is 9.82. The van der Waals surface area contributed by atoms with E-state index in [0.29, 0.717) is 23.6 Å². The van der Waals surface area contributed by atoms with E-state index in [2.05, 4.69) is 15.7 Å². The molecule has 8 nitrogen and oxygen atoms in total. The van der Waals surface area contributed by atoms with Crippen molar-refractivity contribution < 1.29 is 19.1 Å². The van der Waals surface area contributed by atoms with Gasteiger partial charge in [0.15, 0.2) is 0 Å². The van der Waals surface area contributed by atoms with Gasteiger partial charge in [0.2, 0.25) is 5.91 Å². The Balaban J connectivity index is 1.95. The van der Waals surface area contributed by atoms with E-state index in [0.717, 1.165) is 13.0 Å². The first kappa shape index (κ1) is 21.3. The van der Waals surface area contributed by atoms with Crippen molar-refractivity contribution in [3.8, 4) is 11.5 Å². The van der Waals surface area contributed by atoms with Gasteiger partial charge < -0.3 is 20.1 Å². The van der Waals surface area contributed by atoms with Crippen LogP contribution >= 0.6 is 0 Å². The molecular formula is C20H28N4O4. The number of methoxy groups -OCH3 is 2. The summed E-state index contributed by atoms with van der Waals surface area (Å²) < 4.78 is 12.2. The molecule has 152 valence electrons. The molecule has 1 aromatic heterocycles. The molecule has 1 atom stereocenters. The minimum absolute atomic E-state index is 0.0671. The molecule has 0 saturated heterocycles. The van der Waals surface area contributed by atoms with Crippen molar-refractivity contribution in [3.05, 3.63) is 42.2 Å². The van der Waals surface area contributed by atoms with Crippen LogP contribution in [0, 0.1) is 5.92 Å². The van der Waals surface area contributed by atoms with E-state index in [1.165, 1.54) is 14.2 Å². The lowest BCUT2D eigenvalue weighted by atomic mass is 10.0. The van der Waals surface area contributed by atoms with Crippen molar-refractivity contribution in [1.29, 1.82) is 0 Å². The molecule has 0 bridgehead atoms. The molecule has 1 aromatic carbocycles. The Morgan fingerprint density at radius 3 is 2.36 bits per heavy atom. The van der Waals surface area contributed by atoms with Gasteiger partial charge in [0.1, 0.15) is 17.5 Å². The molecule has 0 radical (unpaired) electrons. The summed E-state index contributed by atoms with van der Waals surface area (Å²) in [6.07, 6.45) is 4.34. The smallest absolute Gasteiger partial charge is 0.252 e. The van der Waals surface area contributed by atoms with Gasteiger partial charge >= 0.3 is 0 Å². The molecule has 0 spiro atoms. The van der Waals surface area contributed by atoms with Gasteiger partial charge in [-0.1, -0.05) is 13.8 Å². The highest BCUT2D eigenvalue weighted by Gasteiger charge is 2.24. The van der Waals surface area contributed by atoms with Gasteiger partial charge in [0.25, 0.3) is 5.91 Å². The monoisotopic (exact) mass is 388 g/mol. The zero-order valence-electron chi connectivity index (χ0n) is 16.8. The number of aryl methyl sites for hydroxylation is 1. The second kappa shape index (κ2) is 10.3. The van der Waals surface area contributed by atoms with Crippen LogP contribution in [0.1, 0.15) is 30.6 Å². The van der Waals surface area contributed by atoms with E-state index in [1.807, 2.05) is 30.8 Å². The fourth-order valence-electron chi connectivity index (χ4n) is 2.69. The highest BCUT2D eigenvalue weighted by atomic mass is 16.5. The Bertz CT molecular complexity index is 752. The van der Waals surface area contributed by atoms with Crippen molar-refractivity contribution in [3.63, 3.8) is 0 Å². The largest absolute Gasteiger partial charge is 0.497 e. The van der Waals surface area contributed by atoms with E-state index in [4.69, 9.17) is 9.47 Å². The van der Waals surface area contributed by atoms with Crippen molar-refractivity contribution in [2.75, 3.05) is 20.8 Å². The second-order valence-corrected chi connectivity index (χ2v) is 6.71. The van der Waals surface area contributed by atoms with Gasteiger partial charge in [-0.15, -0.1) is 0 Å². The number of carbonyl (C=O) groups excluding carboxylic acids is 2. The maximum Gasteiger partial charge on any atom is 0.252 e. The average Bonchev–Trinajstić information content (AvgIpc) is 3.21. The third kappa shape index (κ3) is 6.00. The van der Waals surface area contributed by atoms with Gasteiger partial charge in [0.05, 0.1) is 14.2 Å². The highest BCUT2D eigenvalue weighted by Crippen LogP contribution is 2.22. The number of rotatable bonds is 10. The molecule has 2 aromatic rings. The number of benzene rings is 1. The second-order valence-electron chi connectivity index (χ2n) is 6.71. The van der Waals surface area contributed by atoms with Crippen LogP contribution in [-0.2, 0) is 11.3 Å². The topological polar surface area (TPSA) is 94.5 Å². The minimum Gasteiger partial charge on any atom is -0.497 e. The maximum atomic E-state index is 12.7. The summed E-state index contributed by atoms with van der Waals surface area (Å²) in [7, 11) is 3.04. The summed E-state index contributed by atoms with van der Waals surface area (Å²) in [4.78, 5) is 25.2. The van der Waals surface area contributed by atoms with Crippen LogP contribution in [-0.4, -0.2) is 48.4 Å². The molecule has 28 heavy (non-hydrogen) atoms. The van der Waals surface area contributed by atoms with E-state index >= 15 is 0 Å². The number of nitrogens with zero attached hydrogens (tertiary/aromatic N) is 2. The van der Waals surface area contributed by atoms with E-state index < -0.39 is 6.04 Å². The van der Waals surface area contributed by atoms with Crippen molar-refractivity contribution in [2.24, 2.45) is 5.92 Å². The van der Waals surface area contributed by atoms with Gasteiger partial charge in [-0.2, -0.15) is 5.10 Å².